The number of rotatable bonds is 8. The van der Waals surface area contributed by atoms with Crippen LogP contribution in [0.5, 0.6) is 0 Å². The van der Waals surface area contributed by atoms with E-state index in [-0.39, 0.29) is 18.2 Å². The maximum atomic E-state index is 12.9. The van der Waals surface area contributed by atoms with Gasteiger partial charge in [0.1, 0.15) is 0 Å². The number of carbonyl (C=O) groups excluding carboxylic acids is 2. The molecule has 31 heavy (non-hydrogen) atoms. The van der Waals surface area contributed by atoms with Gasteiger partial charge in [0.15, 0.2) is 0 Å². The second-order valence-electron chi connectivity index (χ2n) is 8.61. The van der Waals surface area contributed by atoms with Crippen molar-refractivity contribution in [1.29, 1.82) is 0 Å². The van der Waals surface area contributed by atoms with Crippen molar-refractivity contribution >= 4 is 23.6 Å². The highest BCUT2D eigenvalue weighted by Gasteiger charge is 2.33. The molecule has 2 amide bonds. The number of imide groups is 1. The quantitative estimate of drug-likeness (QED) is 0.330. The zero-order valence-electron chi connectivity index (χ0n) is 18.5. The van der Waals surface area contributed by atoms with Gasteiger partial charge in [-0.05, 0) is 41.7 Å². The summed E-state index contributed by atoms with van der Waals surface area (Å²) in [7, 11) is 0. The van der Waals surface area contributed by atoms with E-state index in [1.165, 1.54) is 35.3 Å². The average Bonchev–Trinajstić information content (AvgIpc) is 3.06. The van der Waals surface area contributed by atoms with Crippen molar-refractivity contribution in [2.24, 2.45) is 0 Å². The number of unbranched alkanes of at least 4 members (excludes halogenated alkanes) is 4. The van der Waals surface area contributed by atoms with Crippen molar-refractivity contribution in [1.82, 2.24) is 4.90 Å². The zero-order chi connectivity index (χ0) is 21.6. The minimum atomic E-state index is -0.112. The first kappa shape index (κ1) is 21.4. The SMILES string of the molecule is CCCCCCCN1C(=O)C/C(=C\c2ccccc2N2CCc3ccccc3C2)C1=O. The fourth-order valence-corrected chi connectivity index (χ4v) is 4.62. The van der Waals surface area contributed by atoms with E-state index in [1.54, 1.807) is 0 Å². The molecule has 0 bridgehead atoms. The molecule has 4 nitrogen and oxygen atoms in total. The van der Waals surface area contributed by atoms with Crippen LogP contribution in [0.2, 0.25) is 0 Å². The molecule has 4 rings (SSSR count). The van der Waals surface area contributed by atoms with E-state index in [9.17, 15) is 9.59 Å². The molecule has 2 aliphatic heterocycles. The lowest BCUT2D eigenvalue weighted by molar-refractivity contribution is -0.137. The number of hydrogen-bond acceptors (Lipinski definition) is 3. The van der Waals surface area contributed by atoms with E-state index in [0.717, 1.165) is 43.6 Å². The summed E-state index contributed by atoms with van der Waals surface area (Å²) in [6.07, 6.45) is 8.71. The van der Waals surface area contributed by atoms with E-state index in [0.29, 0.717) is 12.1 Å². The van der Waals surface area contributed by atoms with E-state index >= 15 is 0 Å². The number of anilines is 1. The zero-order valence-corrected chi connectivity index (χ0v) is 18.5. The highest BCUT2D eigenvalue weighted by molar-refractivity contribution is 6.15. The Kier molecular flexibility index (Phi) is 6.86. The maximum absolute atomic E-state index is 12.9. The fraction of sp³-hybridized carbons (Fsp3) is 0.407. The molecule has 2 aromatic carbocycles. The Morgan fingerprint density at radius 3 is 2.48 bits per heavy atom. The van der Waals surface area contributed by atoms with Crippen molar-refractivity contribution in [3.8, 4) is 0 Å². The number of para-hydroxylation sites is 1. The molecule has 4 heteroatoms. The fourth-order valence-electron chi connectivity index (χ4n) is 4.62. The number of carbonyl (C=O) groups is 2. The summed E-state index contributed by atoms with van der Waals surface area (Å²) in [6, 6.07) is 16.8. The third-order valence-corrected chi connectivity index (χ3v) is 6.39. The molecule has 162 valence electrons. The van der Waals surface area contributed by atoms with Crippen molar-refractivity contribution in [2.45, 2.75) is 58.4 Å². The highest BCUT2D eigenvalue weighted by Crippen LogP contribution is 2.30. The first-order valence-corrected chi connectivity index (χ1v) is 11.6. The predicted octanol–water partition coefficient (Wildman–Crippen LogP) is 5.36. The maximum Gasteiger partial charge on any atom is 0.256 e. The largest absolute Gasteiger partial charge is 0.366 e. The van der Waals surface area contributed by atoms with Crippen LogP contribution in [0, 0.1) is 0 Å². The van der Waals surface area contributed by atoms with Crippen LogP contribution in [0.15, 0.2) is 54.1 Å². The molecule has 0 radical (unpaired) electrons. The van der Waals surface area contributed by atoms with Crippen LogP contribution >= 0.6 is 0 Å². The van der Waals surface area contributed by atoms with Gasteiger partial charge in [0.05, 0.1) is 6.42 Å². The predicted molar refractivity (Wildman–Crippen MR) is 126 cm³/mol. The minimum absolute atomic E-state index is 0.0591. The molecule has 1 fully saturated rings. The van der Waals surface area contributed by atoms with E-state index in [1.807, 2.05) is 24.3 Å². The van der Waals surface area contributed by atoms with Gasteiger partial charge in [-0.15, -0.1) is 0 Å². The van der Waals surface area contributed by atoms with E-state index in [2.05, 4.69) is 42.2 Å². The molecule has 0 saturated carbocycles. The van der Waals surface area contributed by atoms with Crippen molar-refractivity contribution in [2.75, 3.05) is 18.0 Å². The molecule has 0 atom stereocenters. The Balaban J connectivity index is 1.48. The third kappa shape index (κ3) is 4.90. The molecule has 2 aromatic rings. The van der Waals surface area contributed by atoms with Gasteiger partial charge in [-0.3, -0.25) is 14.5 Å². The standard InChI is InChI=1S/C27H32N2O2/c1-2-3-4-5-10-16-29-26(30)19-24(27(29)31)18-22-12-8-9-14-25(22)28-17-15-21-11-6-7-13-23(21)20-28/h6-9,11-14,18H,2-5,10,15-17,19-20H2,1H3/b24-18+. The Morgan fingerprint density at radius 2 is 1.65 bits per heavy atom. The van der Waals surface area contributed by atoms with Crippen molar-refractivity contribution in [3.05, 3.63) is 70.8 Å². The summed E-state index contributed by atoms with van der Waals surface area (Å²) in [6.45, 7) is 4.55. The van der Waals surface area contributed by atoms with Crippen LogP contribution in [0.25, 0.3) is 6.08 Å². The van der Waals surface area contributed by atoms with E-state index < -0.39 is 0 Å². The summed E-state index contributed by atoms with van der Waals surface area (Å²) in [5.41, 5.74) is 5.53. The summed E-state index contributed by atoms with van der Waals surface area (Å²) >= 11 is 0. The molecular formula is C27H32N2O2. The Hall–Kier alpha value is -2.88. The smallest absolute Gasteiger partial charge is 0.256 e. The molecule has 1 saturated heterocycles. The molecular weight excluding hydrogens is 384 g/mol. The average molecular weight is 417 g/mol. The number of fused-ring (bicyclic) bond motifs is 1. The number of benzene rings is 2. The van der Waals surface area contributed by atoms with Crippen LogP contribution < -0.4 is 4.90 Å². The lowest BCUT2D eigenvalue weighted by Gasteiger charge is -2.32. The van der Waals surface area contributed by atoms with Crippen LogP contribution in [-0.2, 0) is 22.6 Å². The van der Waals surface area contributed by atoms with Gasteiger partial charge >= 0.3 is 0 Å². The molecule has 0 unspecified atom stereocenters. The Morgan fingerprint density at radius 1 is 0.903 bits per heavy atom. The number of nitrogens with zero attached hydrogens (tertiary/aromatic N) is 2. The second kappa shape index (κ2) is 9.95. The van der Waals surface area contributed by atoms with Crippen LogP contribution in [-0.4, -0.2) is 29.8 Å². The number of hydrogen-bond donors (Lipinski definition) is 0. The molecule has 0 N–H and O–H groups in total. The normalized spacial score (nSPS) is 17.5. The third-order valence-electron chi connectivity index (χ3n) is 6.39. The molecule has 2 aliphatic rings. The number of amides is 2. The topological polar surface area (TPSA) is 40.6 Å². The highest BCUT2D eigenvalue weighted by atomic mass is 16.2. The van der Waals surface area contributed by atoms with Gasteiger partial charge in [-0.25, -0.2) is 0 Å². The summed E-state index contributed by atoms with van der Waals surface area (Å²) < 4.78 is 0. The first-order chi connectivity index (χ1) is 15.2. The van der Waals surface area contributed by atoms with Gasteiger partial charge < -0.3 is 4.90 Å². The van der Waals surface area contributed by atoms with Gasteiger partial charge in [-0.1, -0.05) is 75.1 Å². The summed E-state index contributed by atoms with van der Waals surface area (Å²) in [4.78, 5) is 29.2. The van der Waals surface area contributed by atoms with Crippen LogP contribution in [0.1, 0.15) is 62.1 Å². The summed E-state index contributed by atoms with van der Waals surface area (Å²) in [5, 5.41) is 0. The minimum Gasteiger partial charge on any atom is -0.366 e. The lowest BCUT2D eigenvalue weighted by atomic mass is 9.98. The van der Waals surface area contributed by atoms with Crippen molar-refractivity contribution < 1.29 is 9.59 Å². The lowest BCUT2D eigenvalue weighted by Crippen LogP contribution is -2.31. The van der Waals surface area contributed by atoms with Crippen LogP contribution in [0.3, 0.4) is 0 Å². The molecule has 0 aromatic heterocycles. The van der Waals surface area contributed by atoms with Gasteiger partial charge in [0.25, 0.3) is 5.91 Å². The van der Waals surface area contributed by atoms with Gasteiger partial charge in [0, 0.05) is 30.9 Å². The second-order valence-corrected chi connectivity index (χ2v) is 8.61. The number of likely N-dealkylation sites (tertiary alicyclic amines) is 1. The van der Waals surface area contributed by atoms with E-state index in [4.69, 9.17) is 0 Å². The van der Waals surface area contributed by atoms with Gasteiger partial charge in [-0.2, -0.15) is 0 Å². The Bertz CT molecular complexity index is 979. The van der Waals surface area contributed by atoms with Crippen molar-refractivity contribution in [3.63, 3.8) is 0 Å². The molecule has 2 heterocycles. The summed E-state index contributed by atoms with van der Waals surface area (Å²) in [5.74, 6) is -0.171. The van der Waals surface area contributed by atoms with Crippen LogP contribution in [0.4, 0.5) is 5.69 Å². The molecule has 0 spiro atoms. The first-order valence-electron chi connectivity index (χ1n) is 11.6. The Labute approximate surface area is 185 Å². The molecule has 0 aliphatic carbocycles. The monoisotopic (exact) mass is 416 g/mol. The van der Waals surface area contributed by atoms with Gasteiger partial charge in [0.2, 0.25) is 5.91 Å².